The highest BCUT2D eigenvalue weighted by Gasteiger charge is 2.38. The third-order valence-corrected chi connectivity index (χ3v) is 5.62. The molecule has 0 bridgehead atoms. The highest BCUT2D eigenvalue weighted by Crippen LogP contribution is 2.53. The second-order valence-corrected chi connectivity index (χ2v) is 6.89. The van der Waals surface area contributed by atoms with Gasteiger partial charge in [0.1, 0.15) is 0 Å². The third kappa shape index (κ3) is 1.58. The summed E-state index contributed by atoms with van der Waals surface area (Å²) in [6.45, 7) is 9.11. The Morgan fingerprint density at radius 2 is 1.68 bits per heavy atom. The molecule has 0 aromatic heterocycles. The molecule has 4 rings (SSSR count). The second kappa shape index (κ2) is 4.46. The third-order valence-electron chi connectivity index (χ3n) is 5.62. The SMILES string of the molecule is CCC1(C)c2cc(C)ccc2-c2c1ccc1c(C)cccc21. The van der Waals surface area contributed by atoms with E-state index in [2.05, 4.69) is 76.2 Å². The Hall–Kier alpha value is -2.08. The van der Waals surface area contributed by atoms with E-state index in [1.165, 1.54) is 44.2 Å². The van der Waals surface area contributed by atoms with E-state index in [-0.39, 0.29) is 5.41 Å². The molecule has 0 aliphatic heterocycles. The summed E-state index contributed by atoms with van der Waals surface area (Å²) in [4.78, 5) is 0. The smallest absolute Gasteiger partial charge is 0.0184 e. The van der Waals surface area contributed by atoms with Crippen molar-refractivity contribution in [3.8, 4) is 11.1 Å². The summed E-state index contributed by atoms with van der Waals surface area (Å²) in [5.74, 6) is 0. The average molecular weight is 286 g/mol. The van der Waals surface area contributed by atoms with E-state index < -0.39 is 0 Å². The summed E-state index contributed by atoms with van der Waals surface area (Å²) < 4.78 is 0. The maximum Gasteiger partial charge on any atom is 0.0184 e. The zero-order valence-electron chi connectivity index (χ0n) is 13.8. The second-order valence-electron chi connectivity index (χ2n) is 6.89. The zero-order chi connectivity index (χ0) is 15.5. The quantitative estimate of drug-likeness (QED) is 0.503. The minimum absolute atomic E-state index is 0.134. The summed E-state index contributed by atoms with van der Waals surface area (Å²) >= 11 is 0. The molecule has 0 N–H and O–H groups in total. The van der Waals surface area contributed by atoms with E-state index in [1.807, 2.05) is 0 Å². The molecule has 1 unspecified atom stereocenters. The molecule has 1 aliphatic carbocycles. The molecule has 110 valence electrons. The minimum atomic E-state index is 0.134. The largest absolute Gasteiger partial charge is 0.0642 e. The van der Waals surface area contributed by atoms with Crippen LogP contribution in [0, 0.1) is 13.8 Å². The number of aryl methyl sites for hydroxylation is 2. The molecule has 3 aromatic rings. The van der Waals surface area contributed by atoms with Gasteiger partial charge in [0.15, 0.2) is 0 Å². The first kappa shape index (κ1) is 13.6. The molecule has 0 heterocycles. The number of hydrogen-bond acceptors (Lipinski definition) is 0. The van der Waals surface area contributed by atoms with Crippen LogP contribution in [0.2, 0.25) is 0 Å². The van der Waals surface area contributed by atoms with E-state index in [4.69, 9.17) is 0 Å². The van der Waals surface area contributed by atoms with Crippen LogP contribution in [0.25, 0.3) is 21.9 Å². The average Bonchev–Trinajstić information content (AvgIpc) is 2.78. The van der Waals surface area contributed by atoms with Crippen molar-refractivity contribution >= 4 is 10.8 Å². The molecule has 0 nitrogen and oxygen atoms in total. The van der Waals surface area contributed by atoms with Crippen LogP contribution in [-0.2, 0) is 5.41 Å². The molecule has 0 fully saturated rings. The van der Waals surface area contributed by atoms with Crippen molar-refractivity contribution in [3.63, 3.8) is 0 Å². The monoisotopic (exact) mass is 286 g/mol. The van der Waals surface area contributed by atoms with Gasteiger partial charge in [0.05, 0.1) is 0 Å². The molecule has 1 aliphatic rings. The molecule has 3 aromatic carbocycles. The predicted octanol–water partition coefficient (Wildman–Crippen LogP) is 6.15. The molecule has 0 saturated heterocycles. The fraction of sp³-hybridized carbons (Fsp3) is 0.273. The minimum Gasteiger partial charge on any atom is -0.0642 e. The Bertz CT molecular complexity index is 901. The molecular formula is C22H22. The normalized spacial score (nSPS) is 19.3. The van der Waals surface area contributed by atoms with Gasteiger partial charge in [0.25, 0.3) is 0 Å². The van der Waals surface area contributed by atoms with Crippen molar-refractivity contribution in [2.75, 3.05) is 0 Å². The number of hydrogen-bond donors (Lipinski definition) is 0. The molecule has 0 radical (unpaired) electrons. The van der Waals surface area contributed by atoms with Crippen molar-refractivity contribution in [3.05, 3.63) is 70.8 Å². The first-order chi connectivity index (χ1) is 10.6. The Kier molecular flexibility index (Phi) is 2.75. The maximum atomic E-state index is 2.40. The zero-order valence-corrected chi connectivity index (χ0v) is 13.8. The molecular weight excluding hydrogens is 264 g/mol. The summed E-state index contributed by atoms with van der Waals surface area (Å²) in [5, 5.41) is 2.79. The van der Waals surface area contributed by atoms with Crippen LogP contribution in [0.15, 0.2) is 48.5 Å². The predicted molar refractivity (Wildman–Crippen MR) is 95.6 cm³/mol. The van der Waals surface area contributed by atoms with Gasteiger partial charge in [-0.1, -0.05) is 67.9 Å². The first-order valence-electron chi connectivity index (χ1n) is 8.20. The lowest BCUT2D eigenvalue weighted by atomic mass is 9.77. The van der Waals surface area contributed by atoms with Gasteiger partial charge in [0.2, 0.25) is 0 Å². The van der Waals surface area contributed by atoms with E-state index >= 15 is 0 Å². The van der Waals surface area contributed by atoms with Gasteiger partial charge < -0.3 is 0 Å². The maximum absolute atomic E-state index is 2.40. The number of fused-ring (bicyclic) bond motifs is 5. The molecule has 0 amide bonds. The fourth-order valence-electron chi connectivity index (χ4n) is 4.12. The Morgan fingerprint density at radius 1 is 0.864 bits per heavy atom. The molecule has 0 heteroatoms. The van der Waals surface area contributed by atoms with Gasteiger partial charge in [-0.15, -0.1) is 0 Å². The van der Waals surface area contributed by atoms with Crippen molar-refractivity contribution in [1.29, 1.82) is 0 Å². The fourth-order valence-corrected chi connectivity index (χ4v) is 4.12. The number of rotatable bonds is 1. The Balaban J connectivity index is 2.19. The van der Waals surface area contributed by atoms with Gasteiger partial charge >= 0.3 is 0 Å². The van der Waals surface area contributed by atoms with Crippen LogP contribution >= 0.6 is 0 Å². The van der Waals surface area contributed by atoms with Gasteiger partial charge in [-0.3, -0.25) is 0 Å². The van der Waals surface area contributed by atoms with E-state index in [9.17, 15) is 0 Å². The van der Waals surface area contributed by atoms with Crippen LogP contribution in [0.5, 0.6) is 0 Å². The highest BCUT2D eigenvalue weighted by atomic mass is 14.4. The topological polar surface area (TPSA) is 0 Å². The van der Waals surface area contributed by atoms with Crippen LogP contribution in [0.1, 0.15) is 42.5 Å². The highest BCUT2D eigenvalue weighted by molar-refractivity contribution is 6.03. The van der Waals surface area contributed by atoms with E-state index in [1.54, 1.807) is 0 Å². The van der Waals surface area contributed by atoms with Gasteiger partial charge in [-0.05, 0) is 58.9 Å². The van der Waals surface area contributed by atoms with Crippen LogP contribution in [-0.4, -0.2) is 0 Å². The van der Waals surface area contributed by atoms with Crippen molar-refractivity contribution in [1.82, 2.24) is 0 Å². The van der Waals surface area contributed by atoms with Crippen molar-refractivity contribution in [2.24, 2.45) is 0 Å². The van der Waals surface area contributed by atoms with Crippen molar-refractivity contribution in [2.45, 2.75) is 39.5 Å². The number of benzene rings is 3. The molecule has 0 saturated carbocycles. The van der Waals surface area contributed by atoms with Crippen LogP contribution in [0.3, 0.4) is 0 Å². The van der Waals surface area contributed by atoms with Crippen LogP contribution in [0.4, 0.5) is 0 Å². The summed E-state index contributed by atoms with van der Waals surface area (Å²) in [6, 6.07) is 18.3. The summed E-state index contributed by atoms with van der Waals surface area (Å²) in [7, 11) is 0. The summed E-state index contributed by atoms with van der Waals surface area (Å²) in [5.41, 5.74) is 8.73. The van der Waals surface area contributed by atoms with E-state index in [0.29, 0.717) is 0 Å². The van der Waals surface area contributed by atoms with Crippen molar-refractivity contribution < 1.29 is 0 Å². The van der Waals surface area contributed by atoms with Gasteiger partial charge in [-0.2, -0.15) is 0 Å². The molecule has 22 heavy (non-hydrogen) atoms. The lowest BCUT2D eigenvalue weighted by Gasteiger charge is -2.26. The summed E-state index contributed by atoms with van der Waals surface area (Å²) in [6.07, 6.45) is 1.13. The molecule has 0 spiro atoms. The lowest BCUT2D eigenvalue weighted by molar-refractivity contribution is 0.564. The Morgan fingerprint density at radius 3 is 2.45 bits per heavy atom. The first-order valence-corrected chi connectivity index (χ1v) is 8.20. The van der Waals surface area contributed by atoms with Crippen LogP contribution < -0.4 is 0 Å². The van der Waals surface area contributed by atoms with Gasteiger partial charge in [-0.25, -0.2) is 0 Å². The van der Waals surface area contributed by atoms with Gasteiger partial charge in [0, 0.05) is 5.41 Å². The van der Waals surface area contributed by atoms with E-state index in [0.717, 1.165) is 6.42 Å². The Labute approximate surface area is 132 Å². The lowest BCUT2D eigenvalue weighted by Crippen LogP contribution is -2.19. The standard InChI is InChI=1S/C22H22/c1-5-22(4)19-12-11-16-15(3)7-6-8-17(16)21(19)18-10-9-14(2)13-20(18)22/h6-13H,5H2,1-4H3. The molecule has 1 atom stereocenters.